The minimum atomic E-state index is -3.79. The van der Waals surface area contributed by atoms with E-state index in [1.54, 1.807) is 0 Å². The van der Waals surface area contributed by atoms with Crippen molar-refractivity contribution in [1.82, 2.24) is 9.62 Å². The van der Waals surface area contributed by atoms with Crippen LogP contribution in [0.3, 0.4) is 0 Å². The molecule has 30 heavy (non-hydrogen) atoms. The number of nitrogens with zero attached hydrogens (tertiary/aromatic N) is 1. The molecule has 2 N–H and O–H groups in total. The van der Waals surface area contributed by atoms with Gasteiger partial charge in [-0.3, -0.25) is 4.90 Å². The van der Waals surface area contributed by atoms with Gasteiger partial charge in [-0.1, -0.05) is 6.07 Å². The standard InChI is InChI=1S/C21H31N3O4S.K/c1-14(2)24-9-10-28-17(12-24)13-29(26,27)23-21(25)22-20-18-7-3-5-15(18)11-16-6-4-8-19(16)20;/h11,14,17H,3-10,12-13H2,1-2H3,(H2,22,23,25);. The molecule has 1 aromatic rings. The fraction of sp³-hybridized carbons (Fsp3) is 0.667. The van der Waals surface area contributed by atoms with E-state index < -0.39 is 22.2 Å². The fourth-order valence-electron chi connectivity index (χ4n) is 4.85. The number of sulfonamides is 1. The van der Waals surface area contributed by atoms with E-state index in [4.69, 9.17) is 4.74 Å². The quantitative estimate of drug-likeness (QED) is 0.655. The largest absolute Gasteiger partial charge is 0.374 e. The van der Waals surface area contributed by atoms with E-state index in [0.29, 0.717) is 19.2 Å². The number of carbonyl (C=O) groups is 1. The van der Waals surface area contributed by atoms with Crippen LogP contribution in [-0.4, -0.2) is 108 Å². The molecule has 161 valence electrons. The van der Waals surface area contributed by atoms with Gasteiger partial charge >= 0.3 is 6.03 Å². The van der Waals surface area contributed by atoms with Crippen molar-refractivity contribution in [2.24, 2.45) is 0 Å². The number of fused-ring (bicyclic) bond motifs is 2. The van der Waals surface area contributed by atoms with Crippen molar-refractivity contribution in [2.75, 3.05) is 30.8 Å². The first-order chi connectivity index (χ1) is 13.8. The third-order valence-electron chi connectivity index (χ3n) is 6.27. The van der Waals surface area contributed by atoms with E-state index in [1.165, 1.54) is 22.3 Å². The second-order valence-electron chi connectivity index (χ2n) is 8.65. The van der Waals surface area contributed by atoms with E-state index in [-0.39, 0.29) is 57.1 Å². The summed E-state index contributed by atoms with van der Waals surface area (Å²) in [7, 11) is -3.79. The van der Waals surface area contributed by atoms with E-state index in [9.17, 15) is 13.2 Å². The van der Waals surface area contributed by atoms with E-state index in [2.05, 4.69) is 34.9 Å². The molecule has 0 bridgehead atoms. The first kappa shape index (κ1) is 24.6. The van der Waals surface area contributed by atoms with Gasteiger partial charge in [-0.05, 0) is 74.6 Å². The summed E-state index contributed by atoms with van der Waals surface area (Å²) in [6, 6.07) is 1.95. The minimum Gasteiger partial charge on any atom is -0.374 e. The molecule has 1 unspecified atom stereocenters. The van der Waals surface area contributed by atoms with E-state index in [1.807, 2.05) is 0 Å². The molecule has 1 aliphatic heterocycles. The molecular weight excluding hydrogens is 429 g/mol. The Hall–Kier alpha value is -0.00364. The van der Waals surface area contributed by atoms with Crippen molar-refractivity contribution in [3.8, 4) is 0 Å². The third kappa shape index (κ3) is 5.67. The van der Waals surface area contributed by atoms with Crippen molar-refractivity contribution in [3.63, 3.8) is 0 Å². The molecule has 1 atom stereocenters. The van der Waals surface area contributed by atoms with Crippen LogP contribution in [0.2, 0.25) is 0 Å². The number of hydrogen-bond donors (Lipinski definition) is 2. The van der Waals surface area contributed by atoms with Crippen LogP contribution in [0.15, 0.2) is 6.07 Å². The average Bonchev–Trinajstić information content (AvgIpc) is 3.29. The van der Waals surface area contributed by atoms with Crippen molar-refractivity contribution < 1.29 is 17.9 Å². The van der Waals surface area contributed by atoms with Crippen LogP contribution in [0.1, 0.15) is 48.9 Å². The number of hydrogen-bond acceptors (Lipinski definition) is 5. The molecule has 4 rings (SSSR count). The first-order valence-corrected chi connectivity index (χ1v) is 12.3. The Morgan fingerprint density at radius 2 is 1.80 bits per heavy atom. The molecule has 1 fully saturated rings. The van der Waals surface area contributed by atoms with Gasteiger partial charge in [-0.2, -0.15) is 0 Å². The van der Waals surface area contributed by atoms with Crippen molar-refractivity contribution in [1.29, 1.82) is 0 Å². The normalized spacial score (nSPS) is 21.1. The topological polar surface area (TPSA) is 87.7 Å². The van der Waals surface area contributed by atoms with Gasteiger partial charge in [-0.15, -0.1) is 0 Å². The Kier molecular flexibility index (Phi) is 8.45. The molecule has 0 saturated carbocycles. The molecule has 2 aliphatic carbocycles. The van der Waals surface area contributed by atoms with Gasteiger partial charge in [0.15, 0.2) is 0 Å². The molecule has 0 spiro atoms. The van der Waals surface area contributed by atoms with Crippen LogP contribution in [0.4, 0.5) is 10.5 Å². The number of rotatable bonds is 5. The summed E-state index contributed by atoms with van der Waals surface area (Å²) in [6.07, 6.45) is 5.67. The van der Waals surface area contributed by atoms with Gasteiger partial charge in [-0.25, -0.2) is 17.9 Å². The van der Waals surface area contributed by atoms with Crippen LogP contribution in [0.25, 0.3) is 0 Å². The number of morpholine rings is 1. The molecule has 2 amide bonds. The van der Waals surface area contributed by atoms with Gasteiger partial charge in [0, 0.05) is 76.2 Å². The summed E-state index contributed by atoms with van der Waals surface area (Å²) in [6.45, 7) is 6.03. The van der Waals surface area contributed by atoms with Crippen molar-refractivity contribution in [3.05, 3.63) is 28.3 Å². The predicted molar refractivity (Wildman–Crippen MR) is 119 cm³/mol. The zero-order valence-electron chi connectivity index (χ0n) is 18.3. The van der Waals surface area contributed by atoms with Gasteiger partial charge in [0.25, 0.3) is 0 Å². The van der Waals surface area contributed by atoms with Crippen LogP contribution < -0.4 is 10.0 Å². The number of nitrogens with one attached hydrogen (secondary N) is 2. The predicted octanol–water partition coefficient (Wildman–Crippen LogP) is 1.84. The Labute approximate surface area is 222 Å². The zero-order chi connectivity index (χ0) is 20.6. The molecule has 1 aromatic carbocycles. The summed E-state index contributed by atoms with van der Waals surface area (Å²) in [5.74, 6) is -0.214. The van der Waals surface area contributed by atoms with E-state index in [0.717, 1.165) is 50.8 Å². The van der Waals surface area contributed by atoms with Crippen LogP contribution in [0, 0.1) is 0 Å². The van der Waals surface area contributed by atoms with Crippen molar-refractivity contribution >= 4 is 73.1 Å². The molecule has 1 radical (unpaired) electrons. The van der Waals surface area contributed by atoms with Crippen molar-refractivity contribution in [2.45, 2.75) is 64.5 Å². The van der Waals surface area contributed by atoms with Gasteiger partial charge < -0.3 is 10.1 Å². The maximum atomic E-state index is 12.6. The summed E-state index contributed by atoms with van der Waals surface area (Å²) < 4.78 is 33.0. The third-order valence-corrected chi connectivity index (χ3v) is 7.57. The number of ether oxygens (including phenoxy) is 1. The Morgan fingerprint density at radius 1 is 1.17 bits per heavy atom. The Balaban J connectivity index is 0.00000256. The minimum absolute atomic E-state index is 0. The molecule has 7 nitrogen and oxygen atoms in total. The summed E-state index contributed by atoms with van der Waals surface area (Å²) in [5.41, 5.74) is 5.81. The summed E-state index contributed by atoms with van der Waals surface area (Å²) in [5, 5.41) is 2.88. The maximum Gasteiger partial charge on any atom is 0.332 e. The summed E-state index contributed by atoms with van der Waals surface area (Å²) >= 11 is 0. The maximum absolute atomic E-state index is 12.6. The number of carbonyl (C=O) groups excluding carboxylic acids is 1. The Bertz CT molecular complexity index is 872. The smallest absolute Gasteiger partial charge is 0.332 e. The second-order valence-corrected chi connectivity index (χ2v) is 10.4. The Morgan fingerprint density at radius 3 is 2.40 bits per heavy atom. The van der Waals surface area contributed by atoms with Gasteiger partial charge in [0.05, 0.1) is 18.5 Å². The van der Waals surface area contributed by atoms with E-state index >= 15 is 0 Å². The first-order valence-electron chi connectivity index (χ1n) is 10.7. The zero-order valence-corrected chi connectivity index (χ0v) is 22.2. The molecule has 9 heteroatoms. The monoisotopic (exact) mass is 460 g/mol. The number of benzene rings is 1. The molecule has 1 heterocycles. The molecule has 3 aliphatic rings. The number of amides is 2. The van der Waals surface area contributed by atoms with Gasteiger partial charge in [0.1, 0.15) is 0 Å². The fourth-order valence-corrected chi connectivity index (χ4v) is 5.95. The second kappa shape index (κ2) is 10.3. The molecule has 0 aromatic heterocycles. The van der Waals surface area contributed by atoms with Crippen LogP contribution in [0.5, 0.6) is 0 Å². The average molecular weight is 461 g/mol. The van der Waals surface area contributed by atoms with Gasteiger partial charge in [0.2, 0.25) is 10.0 Å². The number of anilines is 1. The number of aryl methyl sites for hydroxylation is 2. The molecular formula is C21H31KN3O4S. The van der Waals surface area contributed by atoms with Crippen LogP contribution >= 0.6 is 0 Å². The van der Waals surface area contributed by atoms with Crippen LogP contribution in [-0.2, 0) is 40.4 Å². The number of urea groups is 1. The SMILES string of the molecule is CC(C)N1CCOC(CS(=O)(=O)NC(=O)Nc2c3c(cc4c2CCC4)CCC3)C1.[K]. The summed E-state index contributed by atoms with van der Waals surface area (Å²) in [4.78, 5) is 14.8. The molecule has 1 saturated heterocycles.